The van der Waals surface area contributed by atoms with Crippen molar-refractivity contribution >= 4 is 23.0 Å². The molecule has 0 aliphatic carbocycles. The Balaban J connectivity index is 3.11. The van der Waals surface area contributed by atoms with Crippen molar-refractivity contribution < 1.29 is 9.66 Å². The number of hydrogen-bond donors (Lipinski definition) is 0. The molecule has 0 aliphatic rings. The molecule has 0 bridgehead atoms. The van der Waals surface area contributed by atoms with E-state index in [1.54, 1.807) is 13.2 Å². The highest BCUT2D eigenvalue weighted by molar-refractivity contribution is 6.17. The van der Waals surface area contributed by atoms with Crippen LogP contribution in [0.4, 0.5) is 11.4 Å². The zero-order valence-corrected chi connectivity index (χ0v) is 12.2. The summed E-state index contributed by atoms with van der Waals surface area (Å²) in [6.07, 6.45) is 0. The molecule has 0 saturated heterocycles. The predicted molar refractivity (Wildman–Crippen MR) is 77.0 cm³/mol. The van der Waals surface area contributed by atoms with Crippen LogP contribution in [0.3, 0.4) is 0 Å². The molecule has 0 spiro atoms. The Labute approximate surface area is 118 Å². The van der Waals surface area contributed by atoms with Crippen LogP contribution in [0.25, 0.3) is 0 Å². The smallest absolute Gasteiger partial charge is 0.269 e. The Hall–Kier alpha value is -1.33. The number of nitro benzene ring substituents is 1. The standard InChI is InChI=1S/C13H19ClN2O3/c1-10(2)15(6-7-19-3)13-5-4-12(16(17)18)8-11(13)9-14/h4-5,8,10H,6-7,9H2,1-3H3. The van der Waals surface area contributed by atoms with Crippen LogP contribution in [0.5, 0.6) is 0 Å². The third-order valence-electron chi connectivity index (χ3n) is 2.89. The van der Waals surface area contributed by atoms with Gasteiger partial charge in [0, 0.05) is 43.4 Å². The van der Waals surface area contributed by atoms with E-state index >= 15 is 0 Å². The first-order valence-electron chi connectivity index (χ1n) is 6.10. The Morgan fingerprint density at radius 1 is 1.47 bits per heavy atom. The molecule has 0 aliphatic heterocycles. The molecule has 0 N–H and O–H groups in total. The summed E-state index contributed by atoms with van der Waals surface area (Å²) in [6, 6.07) is 5.06. The van der Waals surface area contributed by atoms with Crippen LogP contribution in [0, 0.1) is 10.1 Å². The van der Waals surface area contributed by atoms with Gasteiger partial charge in [0.2, 0.25) is 0 Å². The van der Waals surface area contributed by atoms with Gasteiger partial charge in [-0.05, 0) is 25.5 Å². The van der Waals surface area contributed by atoms with E-state index in [-0.39, 0.29) is 17.6 Å². The monoisotopic (exact) mass is 286 g/mol. The second-order valence-electron chi connectivity index (χ2n) is 4.48. The van der Waals surface area contributed by atoms with Crippen molar-refractivity contribution in [3.8, 4) is 0 Å². The Morgan fingerprint density at radius 3 is 2.63 bits per heavy atom. The Kier molecular flexibility index (Phi) is 6.05. The molecule has 6 heteroatoms. The molecule has 106 valence electrons. The molecule has 0 heterocycles. The predicted octanol–water partition coefficient (Wildman–Crippen LogP) is 3.19. The van der Waals surface area contributed by atoms with Crippen LogP contribution in [0.15, 0.2) is 18.2 Å². The number of nitro groups is 1. The lowest BCUT2D eigenvalue weighted by Crippen LogP contribution is -2.34. The number of alkyl halides is 1. The average Bonchev–Trinajstić information content (AvgIpc) is 2.38. The summed E-state index contributed by atoms with van der Waals surface area (Å²) in [7, 11) is 1.65. The minimum Gasteiger partial charge on any atom is -0.383 e. The molecule has 5 nitrogen and oxygen atoms in total. The second-order valence-corrected chi connectivity index (χ2v) is 4.75. The van der Waals surface area contributed by atoms with Gasteiger partial charge in [0.05, 0.1) is 11.5 Å². The topological polar surface area (TPSA) is 55.6 Å². The van der Waals surface area contributed by atoms with Gasteiger partial charge >= 0.3 is 0 Å². The van der Waals surface area contributed by atoms with Gasteiger partial charge in [-0.2, -0.15) is 0 Å². The normalized spacial score (nSPS) is 10.8. The van der Waals surface area contributed by atoms with E-state index < -0.39 is 4.92 Å². The summed E-state index contributed by atoms with van der Waals surface area (Å²) in [5, 5.41) is 10.8. The van der Waals surface area contributed by atoms with Gasteiger partial charge in [-0.15, -0.1) is 11.6 Å². The van der Waals surface area contributed by atoms with Gasteiger partial charge in [-0.3, -0.25) is 10.1 Å². The summed E-state index contributed by atoms with van der Waals surface area (Å²) >= 11 is 5.91. The molecule has 1 aromatic carbocycles. The van der Waals surface area contributed by atoms with Crippen molar-refractivity contribution in [1.29, 1.82) is 0 Å². The highest BCUT2D eigenvalue weighted by atomic mass is 35.5. The number of non-ortho nitro benzene ring substituents is 1. The Bertz CT molecular complexity index is 438. The second kappa shape index (κ2) is 7.31. The fourth-order valence-corrected chi connectivity index (χ4v) is 2.13. The minimum atomic E-state index is -0.408. The molecule has 0 aromatic heterocycles. The van der Waals surface area contributed by atoms with Gasteiger partial charge < -0.3 is 9.64 Å². The number of methoxy groups -OCH3 is 1. The van der Waals surface area contributed by atoms with Crippen molar-refractivity contribution in [2.75, 3.05) is 25.2 Å². The lowest BCUT2D eigenvalue weighted by Gasteiger charge is -2.30. The van der Waals surface area contributed by atoms with Crippen LogP contribution in [-0.4, -0.2) is 31.2 Å². The number of hydrogen-bond acceptors (Lipinski definition) is 4. The summed E-state index contributed by atoms with van der Waals surface area (Å²) in [6.45, 7) is 5.44. The zero-order chi connectivity index (χ0) is 14.4. The average molecular weight is 287 g/mol. The van der Waals surface area contributed by atoms with Crippen LogP contribution in [0.1, 0.15) is 19.4 Å². The lowest BCUT2D eigenvalue weighted by atomic mass is 10.1. The van der Waals surface area contributed by atoms with E-state index in [2.05, 4.69) is 18.7 Å². The first-order valence-corrected chi connectivity index (χ1v) is 6.63. The molecule has 0 radical (unpaired) electrons. The zero-order valence-electron chi connectivity index (χ0n) is 11.4. The van der Waals surface area contributed by atoms with E-state index in [0.717, 1.165) is 17.8 Å². The molecule has 0 unspecified atom stereocenters. The molecule has 19 heavy (non-hydrogen) atoms. The van der Waals surface area contributed by atoms with Crippen molar-refractivity contribution in [3.63, 3.8) is 0 Å². The maximum absolute atomic E-state index is 10.8. The van der Waals surface area contributed by atoms with Gasteiger partial charge in [0.1, 0.15) is 0 Å². The lowest BCUT2D eigenvalue weighted by molar-refractivity contribution is -0.384. The summed E-state index contributed by atoms with van der Waals surface area (Å²) in [5.74, 6) is 0.243. The largest absolute Gasteiger partial charge is 0.383 e. The molecular weight excluding hydrogens is 268 g/mol. The summed E-state index contributed by atoms with van der Waals surface area (Å²) < 4.78 is 5.10. The van der Waals surface area contributed by atoms with Gasteiger partial charge in [0.25, 0.3) is 5.69 Å². The molecule has 0 fully saturated rings. The molecule has 1 rings (SSSR count). The van der Waals surface area contributed by atoms with Crippen molar-refractivity contribution in [3.05, 3.63) is 33.9 Å². The SMILES string of the molecule is COCCN(c1ccc([N+](=O)[O-])cc1CCl)C(C)C. The highest BCUT2D eigenvalue weighted by Gasteiger charge is 2.17. The van der Waals surface area contributed by atoms with E-state index in [1.807, 2.05) is 0 Å². The summed E-state index contributed by atoms with van der Waals surface area (Å²) in [4.78, 5) is 12.5. The molecular formula is C13H19ClN2O3. The number of anilines is 1. The Morgan fingerprint density at radius 2 is 2.16 bits per heavy atom. The number of benzene rings is 1. The number of nitrogens with zero attached hydrogens (tertiary/aromatic N) is 2. The third-order valence-corrected chi connectivity index (χ3v) is 3.17. The quantitative estimate of drug-likeness (QED) is 0.439. The van der Waals surface area contributed by atoms with Gasteiger partial charge in [-0.1, -0.05) is 0 Å². The van der Waals surface area contributed by atoms with E-state index in [0.29, 0.717) is 6.61 Å². The fourth-order valence-electron chi connectivity index (χ4n) is 1.92. The van der Waals surface area contributed by atoms with Crippen LogP contribution >= 0.6 is 11.6 Å². The van der Waals surface area contributed by atoms with Gasteiger partial charge in [-0.25, -0.2) is 0 Å². The molecule has 1 aromatic rings. The van der Waals surface area contributed by atoms with Crippen LogP contribution < -0.4 is 4.90 Å². The number of rotatable bonds is 7. The fraction of sp³-hybridized carbons (Fsp3) is 0.538. The van der Waals surface area contributed by atoms with Crippen molar-refractivity contribution in [2.45, 2.75) is 25.8 Å². The third kappa shape index (κ3) is 4.08. The van der Waals surface area contributed by atoms with E-state index in [4.69, 9.17) is 16.3 Å². The van der Waals surface area contributed by atoms with Crippen molar-refractivity contribution in [1.82, 2.24) is 0 Å². The van der Waals surface area contributed by atoms with Gasteiger partial charge in [0.15, 0.2) is 0 Å². The van der Waals surface area contributed by atoms with Crippen molar-refractivity contribution in [2.24, 2.45) is 0 Å². The highest BCUT2D eigenvalue weighted by Crippen LogP contribution is 2.28. The molecule has 0 amide bonds. The first kappa shape index (κ1) is 15.7. The van der Waals surface area contributed by atoms with Crippen LogP contribution in [0.2, 0.25) is 0 Å². The molecule has 0 atom stereocenters. The maximum atomic E-state index is 10.8. The molecule has 0 saturated carbocycles. The van der Waals surface area contributed by atoms with E-state index in [9.17, 15) is 10.1 Å². The number of halogens is 1. The maximum Gasteiger partial charge on any atom is 0.269 e. The van der Waals surface area contributed by atoms with E-state index in [1.165, 1.54) is 12.1 Å². The first-order chi connectivity index (χ1) is 9.01. The summed E-state index contributed by atoms with van der Waals surface area (Å²) in [5.41, 5.74) is 1.75. The van der Waals surface area contributed by atoms with Crippen LogP contribution in [-0.2, 0) is 10.6 Å². The minimum absolute atomic E-state index is 0.0647. The number of ether oxygens (including phenoxy) is 1.